The minimum atomic E-state index is -0.202. The monoisotopic (exact) mass is 341 g/mol. The zero-order valence-electron chi connectivity index (χ0n) is 14.4. The zero-order valence-corrected chi connectivity index (χ0v) is 14.4. The van der Waals surface area contributed by atoms with Gasteiger partial charge < -0.3 is 14.4 Å². The molecule has 0 bridgehead atoms. The molecule has 25 heavy (non-hydrogen) atoms. The molecular weight excluding hydrogens is 318 g/mol. The molecule has 6 heteroatoms. The Bertz CT molecular complexity index is 744. The molecule has 4 rings (SSSR count). The summed E-state index contributed by atoms with van der Waals surface area (Å²) in [5.74, 6) is 1.45. The Morgan fingerprint density at radius 1 is 1.28 bits per heavy atom. The third kappa shape index (κ3) is 3.21. The van der Waals surface area contributed by atoms with Crippen molar-refractivity contribution in [1.29, 1.82) is 0 Å². The van der Waals surface area contributed by atoms with Gasteiger partial charge in [0.2, 0.25) is 5.91 Å². The van der Waals surface area contributed by atoms with Crippen molar-refractivity contribution < 1.29 is 14.3 Å². The van der Waals surface area contributed by atoms with E-state index >= 15 is 0 Å². The largest absolute Gasteiger partial charge is 0.486 e. The molecule has 2 atom stereocenters. The fourth-order valence-electron chi connectivity index (χ4n) is 3.61. The summed E-state index contributed by atoms with van der Waals surface area (Å²) < 4.78 is 13.2. The van der Waals surface area contributed by atoms with Crippen LogP contribution in [-0.2, 0) is 4.79 Å². The molecule has 6 nitrogen and oxygen atoms in total. The Balaban J connectivity index is 1.48. The first kappa shape index (κ1) is 16.0. The number of aromatic nitrogens is 2. The van der Waals surface area contributed by atoms with Crippen molar-refractivity contribution in [3.63, 3.8) is 0 Å². The second-order valence-corrected chi connectivity index (χ2v) is 6.69. The SMILES string of the molecule is C[C@@H](C(=O)N1CCC[C@H](n2cccn2)C1)c1ccc2c(c1)OCCO2. The number of likely N-dealkylation sites (tertiary alicyclic amines) is 1. The van der Waals surface area contributed by atoms with Gasteiger partial charge in [-0.15, -0.1) is 0 Å². The minimum absolute atomic E-state index is 0.161. The van der Waals surface area contributed by atoms with Crippen molar-refractivity contribution in [2.45, 2.75) is 31.7 Å². The molecule has 2 aliphatic rings. The highest BCUT2D eigenvalue weighted by atomic mass is 16.6. The number of carbonyl (C=O) groups is 1. The average molecular weight is 341 g/mol. The summed E-state index contributed by atoms with van der Waals surface area (Å²) in [5.41, 5.74) is 0.968. The molecule has 1 aromatic carbocycles. The number of carbonyl (C=O) groups excluding carboxylic acids is 1. The predicted molar refractivity (Wildman–Crippen MR) is 92.9 cm³/mol. The highest BCUT2D eigenvalue weighted by molar-refractivity contribution is 5.83. The molecule has 0 spiro atoms. The van der Waals surface area contributed by atoms with Crippen molar-refractivity contribution in [3.8, 4) is 11.5 Å². The van der Waals surface area contributed by atoms with Gasteiger partial charge in [-0.1, -0.05) is 6.07 Å². The van der Waals surface area contributed by atoms with Gasteiger partial charge in [0.1, 0.15) is 13.2 Å². The van der Waals surface area contributed by atoms with Gasteiger partial charge in [-0.05, 0) is 43.5 Å². The second kappa shape index (κ2) is 6.78. The molecule has 132 valence electrons. The van der Waals surface area contributed by atoms with Gasteiger partial charge in [0.25, 0.3) is 0 Å². The number of fused-ring (bicyclic) bond motifs is 1. The van der Waals surface area contributed by atoms with Crippen LogP contribution in [0.3, 0.4) is 0 Å². The molecular formula is C19H23N3O3. The number of ether oxygens (including phenoxy) is 2. The van der Waals surface area contributed by atoms with Crippen LogP contribution in [-0.4, -0.2) is 46.9 Å². The van der Waals surface area contributed by atoms with E-state index in [1.807, 2.05) is 47.0 Å². The summed E-state index contributed by atoms with van der Waals surface area (Å²) in [5, 5.41) is 4.33. The lowest BCUT2D eigenvalue weighted by Crippen LogP contribution is -2.42. The third-order valence-electron chi connectivity index (χ3n) is 5.04. The van der Waals surface area contributed by atoms with Crippen molar-refractivity contribution >= 4 is 5.91 Å². The van der Waals surface area contributed by atoms with E-state index in [1.54, 1.807) is 6.20 Å². The first-order valence-electron chi connectivity index (χ1n) is 8.90. The van der Waals surface area contributed by atoms with E-state index in [2.05, 4.69) is 5.10 Å². The number of rotatable bonds is 3. The van der Waals surface area contributed by atoms with Gasteiger partial charge in [0, 0.05) is 25.5 Å². The van der Waals surface area contributed by atoms with Crippen LogP contribution in [0, 0.1) is 0 Å². The van der Waals surface area contributed by atoms with Crippen LogP contribution in [0.25, 0.3) is 0 Å². The fourth-order valence-corrected chi connectivity index (χ4v) is 3.61. The molecule has 1 amide bonds. The van der Waals surface area contributed by atoms with E-state index in [1.165, 1.54) is 0 Å². The van der Waals surface area contributed by atoms with Crippen LogP contribution in [0.15, 0.2) is 36.7 Å². The first-order valence-corrected chi connectivity index (χ1v) is 8.90. The topological polar surface area (TPSA) is 56.6 Å². The Morgan fingerprint density at radius 3 is 2.92 bits per heavy atom. The Labute approximate surface area is 147 Å². The number of benzene rings is 1. The Kier molecular flexibility index (Phi) is 4.34. The summed E-state index contributed by atoms with van der Waals surface area (Å²) in [7, 11) is 0. The van der Waals surface area contributed by atoms with E-state index in [0.29, 0.717) is 13.2 Å². The molecule has 1 saturated heterocycles. The molecule has 0 unspecified atom stereocenters. The van der Waals surface area contributed by atoms with Crippen molar-refractivity contribution in [2.24, 2.45) is 0 Å². The summed E-state index contributed by atoms with van der Waals surface area (Å²) in [6, 6.07) is 7.99. The van der Waals surface area contributed by atoms with Gasteiger partial charge >= 0.3 is 0 Å². The summed E-state index contributed by atoms with van der Waals surface area (Å²) in [6.07, 6.45) is 5.83. The number of hydrogen-bond acceptors (Lipinski definition) is 4. The van der Waals surface area contributed by atoms with Crippen molar-refractivity contribution in [3.05, 3.63) is 42.2 Å². The van der Waals surface area contributed by atoms with E-state index in [-0.39, 0.29) is 17.9 Å². The molecule has 0 aliphatic carbocycles. The van der Waals surface area contributed by atoms with Gasteiger partial charge in [-0.3, -0.25) is 9.48 Å². The molecule has 0 saturated carbocycles. The van der Waals surface area contributed by atoms with Crippen LogP contribution in [0.1, 0.15) is 37.3 Å². The lowest BCUT2D eigenvalue weighted by atomic mass is 9.97. The van der Waals surface area contributed by atoms with Crippen LogP contribution in [0.2, 0.25) is 0 Å². The molecule has 1 aromatic heterocycles. The lowest BCUT2D eigenvalue weighted by molar-refractivity contribution is -0.134. The van der Waals surface area contributed by atoms with Gasteiger partial charge in [-0.25, -0.2) is 0 Å². The highest BCUT2D eigenvalue weighted by Gasteiger charge is 2.29. The smallest absolute Gasteiger partial charge is 0.229 e. The molecule has 0 radical (unpaired) electrons. The summed E-state index contributed by atoms with van der Waals surface area (Å²) >= 11 is 0. The van der Waals surface area contributed by atoms with E-state index in [4.69, 9.17) is 9.47 Å². The maximum Gasteiger partial charge on any atom is 0.229 e. The molecule has 0 N–H and O–H groups in total. The minimum Gasteiger partial charge on any atom is -0.486 e. The molecule has 3 heterocycles. The molecule has 1 fully saturated rings. The third-order valence-corrected chi connectivity index (χ3v) is 5.04. The molecule has 2 aromatic rings. The Hall–Kier alpha value is -2.50. The van der Waals surface area contributed by atoms with Crippen LogP contribution >= 0.6 is 0 Å². The summed E-state index contributed by atoms with van der Waals surface area (Å²) in [4.78, 5) is 15.0. The van der Waals surface area contributed by atoms with E-state index < -0.39 is 0 Å². The average Bonchev–Trinajstić information content (AvgIpc) is 3.21. The maximum absolute atomic E-state index is 13.0. The lowest BCUT2D eigenvalue weighted by Gasteiger charge is -2.34. The number of hydrogen-bond donors (Lipinski definition) is 0. The molecule has 2 aliphatic heterocycles. The first-order chi connectivity index (χ1) is 12.2. The maximum atomic E-state index is 13.0. The summed E-state index contributed by atoms with van der Waals surface area (Å²) in [6.45, 7) is 4.62. The number of nitrogens with zero attached hydrogens (tertiary/aromatic N) is 3. The Morgan fingerprint density at radius 2 is 2.12 bits per heavy atom. The fraction of sp³-hybridized carbons (Fsp3) is 0.474. The normalized spacial score (nSPS) is 21.0. The highest BCUT2D eigenvalue weighted by Crippen LogP contribution is 2.34. The standard InChI is InChI=1S/C19H23N3O3/c1-14(15-5-6-17-18(12-15)25-11-10-24-17)19(23)21-8-2-4-16(13-21)22-9-3-7-20-22/h3,5-7,9,12,14,16H,2,4,8,10-11,13H2,1H3/t14-,16+/m1/s1. The van der Waals surface area contributed by atoms with Crippen LogP contribution < -0.4 is 9.47 Å². The van der Waals surface area contributed by atoms with Crippen molar-refractivity contribution in [1.82, 2.24) is 14.7 Å². The number of piperidine rings is 1. The van der Waals surface area contributed by atoms with Gasteiger partial charge in [0.05, 0.1) is 12.0 Å². The zero-order chi connectivity index (χ0) is 17.2. The van der Waals surface area contributed by atoms with Crippen LogP contribution in [0.4, 0.5) is 0 Å². The van der Waals surface area contributed by atoms with Crippen molar-refractivity contribution in [2.75, 3.05) is 26.3 Å². The quantitative estimate of drug-likeness (QED) is 0.861. The predicted octanol–water partition coefficient (Wildman–Crippen LogP) is 2.62. The number of amides is 1. The van der Waals surface area contributed by atoms with E-state index in [9.17, 15) is 4.79 Å². The van der Waals surface area contributed by atoms with Crippen LogP contribution in [0.5, 0.6) is 11.5 Å². The van der Waals surface area contributed by atoms with Gasteiger partial charge in [-0.2, -0.15) is 5.10 Å². The second-order valence-electron chi connectivity index (χ2n) is 6.69. The van der Waals surface area contributed by atoms with Gasteiger partial charge in [0.15, 0.2) is 11.5 Å². The van der Waals surface area contributed by atoms with E-state index in [0.717, 1.165) is 43.0 Å².